The van der Waals surface area contributed by atoms with Crippen molar-refractivity contribution in [3.05, 3.63) is 0 Å². The van der Waals surface area contributed by atoms with Gasteiger partial charge in [0.05, 0.1) is 11.7 Å². The van der Waals surface area contributed by atoms with Crippen molar-refractivity contribution in [1.29, 1.82) is 0 Å². The third-order valence-corrected chi connectivity index (χ3v) is 8.93. The standard InChI is InChI=1S/C18H31IO/c1-13-5-9-18(12-19,10-6-13)20-15-11-14-7-8-17(15,4)16(14,2)3/h13-15H,5-12H2,1-4H3. The number of hydrogen-bond acceptors (Lipinski definition) is 1. The second kappa shape index (κ2) is 5.11. The van der Waals surface area contributed by atoms with E-state index in [2.05, 4.69) is 50.3 Å². The Hall–Kier alpha value is 0.690. The molecule has 3 fully saturated rings. The summed E-state index contributed by atoms with van der Waals surface area (Å²) in [7, 11) is 0. The highest BCUT2D eigenvalue weighted by Gasteiger charge is 2.63. The third-order valence-electron chi connectivity index (χ3n) is 7.54. The van der Waals surface area contributed by atoms with Crippen LogP contribution in [0, 0.1) is 22.7 Å². The highest BCUT2D eigenvalue weighted by atomic mass is 127. The maximum atomic E-state index is 6.90. The topological polar surface area (TPSA) is 9.23 Å². The van der Waals surface area contributed by atoms with Crippen LogP contribution in [0.4, 0.5) is 0 Å². The predicted molar refractivity (Wildman–Crippen MR) is 93.4 cm³/mol. The smallest absolute Gasteiger partial charge is 0.0775 e. The summed E-state index contributed by atoms with van der Waals surface area (Å²) in [4.78, 5) is 0. The number of rotatable bonds is 3. The van der Waals surface area contributed by atoms with Crippen molar-refractivity contribution in [2.24, 2.45) is 22.7 Å². The van der Waals surface area contributed by atoms with Gasteiger partial charge in [0.15, 0.2) is 0 Å². The Kier molecular flexibility index (Phi) is 3.98. The van der Waals surface area contributed by atoms with E-state index >= 15 is 0 Å². The van der Waals surface area contributed by atoms with Crippen molar-refractivity contribution in [1.82, 2.24) is 0 Å². The van der Waals surface area contributed by atoms with E-state index in [-0.39, 0.29) is 5.60 Å². The van der Waals surface area contributed by atoms with E-state index in [0.717, 1.165) is 11.8 Å². The van der Waals surface area contributed by atoms with Gasteiger partial charge in [0, 0.05) is 4.43 Å². The first-order chi connectivity index (χ1) is 9.33. The average Bonchev–Trinajstić information content (AvgIpc) is 2.75. The molecule has 116 valence electrons. The minimum absolute atomic E-state index is 0.196. The van der Waals surface area contributed by atoms with Crippen molar-refractivity contribution in [3.63, 3.8) is 0 Å². The van der Waals surface area contributed by atoms with E-state index in [1.54, 1.807) is 0 Å². The molecule has 1 nitrogen and oxygen atoms in total. The fourth-order valence-electron chi connectivity index (χ4n) is 5.18. The molecule has 0 radical (unpaired) electrons. The summed E-state index contributed by atoms with van der Waals surface area (Å²) < 4.78 is 8.08. The van der Waals surface area contributed by atoms with Crippen molar-refractivity contribution in [3.8, 4) is 0 Å². The van der Waals surface area contributed by atoms with Crippen molar-refractivity contribution >= 4 is 22.6 Å². The summed E-state index contributed by atoms with van der Waals surface area (Å²) >= 11 is 2.57. The van der Waals surface area contributed by atoms with Crippen LogP contribution in [0.1, 0.15) is 72.6 Å². The normalized spacial score (nSPS) is 50.5. The van der Waals surface area contributed by atoms with Crippen LogP contribution in [-0.4, -0.2) is 16.1 Å². The molecule has 20 heavy (non-hydrogen) atoms. The van der Waals surface area contributed by atoms with Gasteiger partial charge in [0.25, 0.3) is 0 Å². The van der Waals surface area contributed by atoms with Gasteiger partial charge >= 0.3 is 0 Å². The van der Waals surface area contributed by atoms with E-state index < -0.39 is 0 Å². The molecule has 0 aromatic rings. The second-order valence-electron chi connectivity index (χ2n) is 8.72. The van der Waals surface area contributed by atoms with Crippen molar-refractivity contribution < 1.29 is 4.74 Å². The zero-order valence-electron chi connectivity index (χ0n) is 13.7. The lowest BCUT2D eigenvalue weighted by Gasteiger charge is -2.46. The number of alkyl halides is 1. The zero-order valence-corrected chi connectivity index (χ0v) is 15.8. The van der Waals surface area contributed by atoms with Crippen molar-refractivity contribution in [2.75, 3.05) is 4.43 Å². The molecule has 0 saturated heterocycles. The molecule has 0 aliphatic heterocycles. The second-order valence-corrected chi connectivity index (χ2v) is 9.48. The maximum Gasteiger partial charge on any atom is 0.0775 e. The Balaban J connectivity index is 1.75. The largest absolute Gasteiger partial charge is 0.370 e. The summed E-state index contributed by atoms with van der Waals surface area (Å²) in [5, 5.41) is 0. The molecule has 0 spiro atoms. The van der Waals surface area contributed by atoms with E-state index in [0.29, 0.717) is 16.9 Å². The molecule has 3 aliphatic carbocycles. The van der Waals surface area contributed by atoms with E-state index in [4.69, 9.17) is 4.74 Å². The van der Waals surface area contributed by atoms with Crippen LogP contribution < -0.4 is 0 Å². The van der Waals surface area contributed by atoms with E-state index in [1.807, 2.05) is 0 Å². The molecule has 3 saturated carbocycles. The minimum Gasteiger partial charge on any atom is -0.370 e. The van der Waals surface area contributed by atoms with Crippen molar-refractivity contribution in [2.45, 2.75) is 84.3 Å². The molecule has 0 aromatic heterocycles. The molecule has 0 heterocycles. The highest BCUT2D eigenvalue weighted by Crippen LogP contribution is 2.67. The molecule has 0 aromatic carbocycles. The molecule has 0 N–H and O–H groups in total. The summed E-state index contributed by atoms with van der Waals surface area (Å²) in [5.41, 5.74) is 1.09. The van der Waals surface area contributed by atoms with Crippen LogP contribution in [0.15, 0.2) is 0 Å². The van der Waals surface area contributed by atoms with E-state index in [9.17, 15) is 0 Å². The van der Waals surface area contributed by atoms with Gasteiger partial charge in [-0.2, -0.15) is 0 Å². The fourth-order valence-corrected chi connectivity index (χ4v) is 6.12. The van der Waals surface area contributed by atoms with Gasteiger partial charge in [-0.3, -0.25) is 0 Å². The van der Waals surface area contributed by atoms with Gasteiger partial charge in [-0.25, -0.2) is 0 Å². The van der Waals surface area contributed by atoms with Crippen LogP contribution in [0.3, 0.4) is 0 Å². The SMILES string of the molecule is CC1CCC(CI)(OC2CC3CCC2(C)C3(C)C)CC1. The maximum absolute atomic E-state index is 6.90. The molecule has 2 heteroatoms. The first-order valence-corrected chi connectivity index (χ1v) is 10.1. The number of hydrogen-bond donors (Lipinski definition) is 0. The van der Waals surface area contributed by atoms with Gasteiger partial charge < -0.3 is 4.74 Å². The molecule has 3 aliphatic rings. The molecule has 0 amide bonds. The molecular formula is C18H31IO. The number of halogens is 1. The van der Waals surface area contributed by atoms with Crippen LogP contribution >= 0.6 is 22.6 Å². The summed E-state index contributed by atoms with van der Waals surface area (Å²) in [6, 6.07) is 0. The Labute approximate surface area is 138 Å². The lowest BCUT2D eigenvalue weighted by molar-refractivity contribution is -0.148. The molecule has 2 bridgehead atoms. The lowest BCUT2D eigenvalue weighted by Crippen LogP contribution is -2.47. The molecule has 3 atom stereocenters. The number of fused-ring (bicyclic) bond motifs is 2. The first-order valence-electron chi connectivity index (χ1n) is 8.57. The van der Waals surface area contributed by atoms with Gasteiger partial charge in [-0.1, -0.05) is 50.3 Å². The Morgan fingerprint density at radius 1 is 1.05 bits per heavy atom. The third kappa shape index (κ3) is 2.19. The Bertz CT molecular complexity index is 370. The monoisotopic (exact) mass is 390 g/mol. The van der Waals surface area contributed by atoms with Gasteiger partial charge in [0.1, 0.15) is 0 Å². The molecule has 3 rings (SSSR count). The predicted octanol–water partition coefficient (Wildman–Crippen LogP) is 5.60. The van der Waals surface area contributed by atoms with E-state index in [1.165, 1.54) is 49.4 Å². The first kappa shape index (κ1) is 15.6. The molecular weight excluding hydrogens is 359 g/mol. The lowest BCUT2D eigenvalue weighted by atomic mass is 9.69. The van der Waals surface area contributed by atoms with Crippen LogP contribution in [-0.2, 0) is 4.74 Å². The summed E-state index contributed by atoms with van der Waals surface area (Å²) in [5.74, 6) is 1.80. The average molecular weight is 390 g/mol. The van der Waals surface area contributed by atoms with Gasteiger partial charge in [-0.05, 0) is 67.6 Å². The van der Waals surface area contributed by atoms with Crippen LogP contribution in [0.5, 0.6) is 0 Å². The summed E-state index contributed by atoms with van der Waals surface area (Å²) in [6.07, 6.45) is 9.93. The quantitative estimate of drug-likeness (QED) is 0.450. The number of ether oxygens (including phenoxy) is 1. The van der Waals surface area contributed by atoms with Crippen LogP contribution in [0.2, 0.25) is 0 Å². The van der Waals surface area contributed by atoms with Crippen LogP contribution in [0.25, 0.3) is 0 Å². The highest BCUT2D eigenvalue weighted by molar-refractivity contribution is 14.1. The molecule has 3 unspecified atom stereocenters. The Morgan fingerprint density at radius 3 is 2.15 bits per heavy atom. The minimum atomic E-state index is 0.196. The Morgan fingerprint density at radius 2 is 1.70 bits per heavy atom. The fraction of sp³-hybridized carbons (Fsp3) is 1.00. The van der Waals surface area contributed by atoms with Gasteiger partial charge in [0.2, 0.25) is 0 Å². The van der Waals surface area contributed by atoms with Gasteiger partial charge in [-0.15, -0.1) is 0 Å². The summed E-state index contributed by atoms with van der Waals surface area (Å²) in [6.45, 7) is 9.90. The zero-order chi connectivity index (χ0) is 14.6.